The van der Waals surface area contributed by atoms with Gasteiger partial charge < -0.3 is 9.15 Å². The fourth-order valence-electron chi connectivity index (χ4n) is 2.77. The van der Waals surface area contributed by atoms with Gasteiger partial charge in [-0.25, -0.2) is 4.79 Å². The summed E-state index contributed by atoms with van der Waals surface area (Å²) in [5, 5.41) is 9.87. The van der Waals surface area contributed by atoms with E-state index >= 15 is 0 Å². The molecule has 26 heavy (non-hydrogen) atoms. The molecule has 0 saturated heterocycles. The van der Waals surface area contributed by atoms with Crippen molar-refractivity contribution in [3.63, 3.8) is 0 Å². The molecular weight excluding hydrogens is 328 g/mol. The molecule has 0 unspecified atom stereocenters. The van der Waals surface area contributed by atoms with E-state index < -0.39 is 12.1 Å². The predicted octanol–water partition coefficient (Wildman–Crippen LogP) is 4.81. The van der Waals surface area contributed by atoms with Crippen LogP contribution in [0.3, 0.4) is 0 Å². The van der Waals surface area contributed by atoms with E-state index in [1.807, 2.05) is 66.7 Å². The second-order valence-corrected chi connectivity index (χ2v) is 5.89. The van der Waals surface area contributed by atoms with Crippen molar-refractivity contribution < 1.29 is 13.9 Å². The van der Waals surface area contributed by atoms with Gasteiger partial charge in [-0.1, -0.05) is 54.6 Å². The summed E-state index contributed by atoms with van der Waals surface area (Å²) in [4.78, 5) is 12.6. The van der Waals surface area contributed by atoms with Gasteiger partial charge in [-0.15, -0.1) is 10.2 Å². The zero-order valence-corrected chi connectivity index (χ0v) is 14.1. The Morgan fingerprint density at radius 2 is 1.65 bits per heavy atom. The lowest BCUT2D eigenvalue weighted by Crippen LogP contribution is -2.10. The Morgan fingerprint density at radius 1 is 0.923 bits per heavy atom. The summed E-state index contributed by atoms with van der Waals surface area (Å²) >= 11 is 0. The SMILES string of the molecule is C[C@@H](OC(=O)c1cccc2ccccc12)c1nnc(-c2ccccc2)o1. The van der Waals surface area contributed by atoms with Crippen LogP contribution in [-0.2, 0) is 4.74 Å². The Labute approximate surface area is 150 Å². The number of carbonyl (C=O) groups is 1. The monoisotopic (exact) mass is 344 g/mol. The maximum Gasteiger partial charge on any atom is 0.339 e. The van der Waals surface area contributed by atoms with E-state index in [4.69, 9.17) is 9.15 Å². The number of hydrogen-bond donors (Lipinski definition) is 0. The zero-order valence-electron chi connectivity index (χ0n) is 14.1. The number of aromatic nitrogens is 2. The summed E-state index contributed by atoms with van der Waals surface area (Å²) in [6.45, 7) is 1.71. The quantitative estimate of drug-likeness (QED) is 0.497. The molecule has 0 fully saturated rings. The molecule has 1 atom stereocenters. The molecule has 1 aromatic heterocycles. The zero-order chi connectivity index (χ0) is 17.9. The highest BCUT2D eigenvalue weighted by Gasteiger charge is 2.21. The highest BCUT2D eigenvalue weighted by Crippen LogP contribution is 2.25. The van der Waals surface area contributed by atoms with Gasteiger partial charge in [-0.05, 0) is 35.9 Å². The minimum absolute atomic E-state index is 0.262. The molecule has 0 amide bonds. The summed E-state index contributed by atoms with van der Waals surface area (Å²) in [5.74, 6) is 0.236. The molecule has 4 rings (SSSR count). The Balaban J connectivity index is 1.55. The van der Waals surface area contributed by atoms with Gasteiger partial charge in [0.05, 0.1) is 5.56 Å². The first-order valence-electron chi connectivity index (χ1n) is 8.30. The van der Waals surface area contributed by atoms with E-state index in [0.29, 0.717) is 11.5 Å². The van der Waals surface area contributed by atoms with Gasteiger partial charge in [0, 0.05) is 5.56 Å². The van der Waals surface area contributed by atoms with E-state index in [-0.39, 0.29) is 5.89 Å². The van der Waals surface area contributed by atoms with Crippen molar-refractivity contribution in [3.05, 3.63) is 84.3 Å². The lowest BCUT2D eigenvalue weighted by molar-refractivity contribution is 0.0282. The van der Waals surface area contributed by atoms with Crippen molar-refractivity contribution in [3.8, 4) is 11.5 Å². The van der Waals surface area contributed by atoms with Crippen LogP contribution < -0.4 is 0 Å². The molecule has 5 heteroatoms. The van der Waals surface area contributed by atoms with Crippen LogP contribution in [0.1, 0.15) is 29.3 Å². The lowest BCUT2D eigenvalue weighted by atomic mass is 10.0. The fourth-order valence-corrected chi connectivity index (χ4v) is 2.77. The van der Waals surface area contributed by atoms with Crippen LogP contribution >= 0.6 is 0 Å². The van der Waals surface area contributed by atoms with Gasteiger partial charge in [0.2, 0.25) is 5.89 Å². The Hall–Kier alpha value is -3.47. The number of rotatable bonds is 4. The number of carbonyl (C=O) groups excluding carboxylic acids is 1. The van der Waals surface area contributed by atoms with Gasteiger partial charge in [0.15, 0.2) is 6.10 Å². The van der Waals surface area contributed by atoms with E-state index in [1.54, 1.807) is 13.0 Å². The van der Waals surface area contributed by atoms with Gasteiger partial charge in [-0.3, -0.25) is 0 Å². The third-order valence-electron chi connectivity index (χ3n) is 4.10. The minimum Gasteiger partial charge on any atom is -0.449 e. The van der Waals surface area contributed by atoms with Crippen molar-refractivity contribution in [2.45, 2.75) is 13.0 Å². The molecular formula is C21H16N2O3. The molecule has 0 aliphatic heterocycles. The molecule has 5 nitrogen and oxygen atoms in total. The number of fused-ring (bicyclic) bond motifs is 1. The minimum atomic E-state index is -0.647. The molecule has 3 aromatic carbocycles. The average Bonchev–Trinajstić information content (AvgIpc) is 3.18. The van der Waals surface area contributed by atoms with Crippen LogP contribution in [0.4, 0.5) is 0 Å². The normalized spacial score (nSPS) is 12.0. The molecule has 0 saturated carbocycles. The first kappa shape index (κ1) is 16.0. The topological polar surface area (TPSA) is 65.2 Å². The summed E-state index contributed by atoms with van der Waals surface area (Å²) < 4.78 is 11.2. The van der Waals surface area contributed by atoms with Crippen LogP contribution in [0.25, 0.3) is 22.2 Å². The smallest absolute Gasteiger partial charge is 0.339 e. The summed E-state index contributed by atoms with van der Waals surface area (Å²) in [6, 6.07) is 22.7. The third-order valence-corrected chi connectivity index (χ3v) is 4.10. The molecule has 0 bridgehead atoms. The Bertz CT molecular complexity index is 1050. The Kier molecular flexibility index (Phi) is 4.19. The van der Waals surface area contributed by atoms with Gasteiger partial charge in [-0.2, -0.15) is 0 Å². The van der Waals surface area contributed by atoms with Crippen LogP contribution in [0, 0.1) is 0 Å². The van der Waals surface area contributed by atoms with Crippen LogP contribution in [0.5, 0.6) is 0 Å². The van der Waals surface area contributed by atoms with E-state index in [1.165, 1.54) is 0 Å². The van der Waals surface area contributed by atoms with Gasteiger partial charge >= 0.3 is 5.97 Å². The first-order valence-corrected chi connectivity index (χ1v) is 8.30. The van der Waals surface area contributed by atoms with E-state index in [0.717, 1.165) is 16.3 Å². The summed E-state index contributed by atoms with van der Waals surface area (Å²) in [7, 11) is 0. The highest BCUT2D eigenvalue weighted by molar-refractivity contribution is 6.04. The second-order valence-electron chi connectivity index (χ2n) is 5.89. The van der Waals surface area contributed by atoms with Crippen LogP contribution in [-0.4, -0.2) is 16.2 Å². The van der Waals surface area contributed by atoms with E-state index in [9.17, 15) is 4.79 Å². The first-order chi connectivity index (χ1) is 12.7. The van der Waals surface area contributed by atoms with Crippen molar-refractivity contribution in [2.24, 2.45) is 0 Å². The van der Waals surface area contributed by atoms with Crippen LogP contribution in [0.2, 0.25) is 0 Å². The van der Waals surface area contributed by atoms with Crippen molar-refractivity contribution in [1.82, 2.24) is 10.2 Å². The maximum absolute atomic E-state index is 12.6. The standard InChI is InChI=1S/C21H16N2O3/c1-14(19-22-23-20(26-19)16-9-3-2-4-10-16)25-21(24)18-13-7-11-15-8-5-6-12-17(15)18/h2-14H,1H3/t14-/m1/s1. The average molecular weight is 344 g/mol. The largest absolute Gasteiger partial charge is 0.449 e. The van der Waals surface area contributed by atoms with Crippen LogP contribution in [0.15, 0.2) is 77.2 Å². The molecule has 4 aromatic rings. The molecule has 0 aliphatic rings. The molecule has 0 radical (unpaired) electrons. The molecule has 0 aliphatic carbocycles. The number of ether oxygens (including phenoxy) is 1. The third kappa shape index (κ3) is 3.07. The molecule has 0 N–H and O–H groups in total. The van der Waals surface area contributed by atoms with Crippen molar-refractivity contribution in [2.75, 3.05) is 0 Å². The molecule has 0 spiro atoms. The highest BCUT2D eigenvalue weighted by atomic mass is 16.6. The number of hydrogen-bond acceptors (Lipinski definition) is 5. The maximum atomic E-state index is 12.6. The summed E-state index contributed by atoms with van der Waals surface area (Å²) in [5.41, 5.74) is 1.33. The van der Waals surface area contributed by atoms with Gasteiger partial charge in [0.25, 0.3) is 5.89 Å². The summed E-state index contributed by atoms with van der Waals surface area (Å²) in [6.07, 6.45) is -0.647. The van der Waals surface area contributed by atoms with Crippen molar-refractivity contribution in [1.29, 1.82) is 0 Å². The Morgan fingerprint density at radius 3 is 2.50 bits per heavy atom. The number of nitrogens with zero attached hydrogens (tertiary/aromatic N) is 2. The van der Waals surface area contributed by atoms with E-state index in [2.05, 4.69) is 10.2 Å². The molecule has 1 heterocycles. The van der Waals surface area contributed by atoms with Gasteiger partial charge in [0.1, 0.15) is 0 Å². The fraction of sp³-hybridized carbons (Fsp3) is 0.0952. The number of esters is 1. The molecule has 128 valence electrons. The van der Waals surface area contributed by atoms with Crippen molar-refractivity contribution >= 4 is 16.7 Å². The second kappa shape index (κ2) is 6.80. The lowest BCUT2D eigenvalue weighted by Gasteiger charge is -2.11. The number of benzene rings is 3. The predicted molar refractivity (Wildman–Crippen MR) is 97.5 cm³/mol.